The van der Waals surface area contributed by atoms with Crippen molar-refractivity contribution in [1.29, 1.82) is 0 Å². The van der Waals surface area contributed by atoms with Gasteiger partial charge < -0.3 is 24.6 Å². The van der Waals surface area contributed by atoms with Gasteiger partial charge in [-0.15, -0.1) is 0 Å². The molecule has 2 atom stereocenters. The van der Waals surface area contributed by atoms with Gasteiger partial charge in [-0.05, 0) is 61.9 Å². The first-order valence-corrected chi connectivity index (χ1v) is 11.9. The monoisotopic (exact) mass is 460 g/mol. The number of ether oxygens (including phenoxy) is 2. The first-order valence-electron chi connectivity index (χ1n) is 11.9. The first kappa shape index (κ1) is 22.5. The topological polar surface area (TPSA) is 66.9 Å². The minimum absolute atomic E-state index is 0.0673. The van der Waals surface area contributed by atoms with Crippen molar-refractivity contribution in [2.24, 2.45) is 11.8 Å². The molecule has 1 N–H and O–H groups in total. The lowest BCUT2D eigenvalue weighted by molar-refractivity contribution is -0.137. The van der Waals surface area contributed by atoms with E-state index in [-0.39, 0.29) is 11.8 Å². The molecule has 0 radical (unpaired) electrons. The summed E-state index contributed by atoms with van der Waals surface area (Å²) in [5, 5.41) is 4.16. The van der Waals surface area contributed by atoms with Gasteiger partial charge in [0.05, 0.1) is 24.2 Å². The second-order valence-corrected chi connectivity index (χ2v) is 9.21. The largest absolute Gasteiger partial charge is 0.497 e. The molecule has 7 nitrogen and oxygen atoms in total. The number of carbonyl (C=O) groups is 1. The van der Waals surface area contributed by atoms with Gasteiger partial charge in [-0.1, -0.05) is 0 Å². The molecule has 2 aliphatic heterocycles. The summed E-state index contributed by atoms with van der Waals surface area (Å²) in [6.45, 7) is 3.91. The number of rotatable bonds is 7. The van der Waals surface area contributed by atoms with Crippen molar-refractivity contribution in [1.82, 2.24) is 15.2 Å². The zero-order chi connectivity index (χ0) is 23.7. The SMILES string of the molecule is CNCCOc1ccc(-c2cc(N3CC4CCN(C)C(=O)C4C3)c3ccc(OC)cc3n2)cc1. The fourth-order valence-electron chi connectivity index (χ4n) is 5.11. The number of aromatic nitrogens is 1. The van der Waals surface area contributed by atoms with Gasteiger partial charge in [-0.2, -0.15) is 0 Å². The molecular weight excluding hydrogens is 428 g/mol. The number of amides is 1. The molecular formula is C27H32N4O3. The maximum atomic E-state index is 12.8. The number of likely N-dealkylation sites (tertiary alicyclic amines) is 1. The number of methoxy groups -OCH3 is 1. The van der Waals surface area contributed by atoms with Crippen LogP contribution >= 0.6 is 0 Å². The molecule has 5 rings (SSSR count). The van der Waals surface area contributed by atoms with E-state index in [1.54, 1.807) is 7.11 Å². The van der Waals surface area contributed by atoms with Gasteiger partial charge in [0.2, 0.25) is 5.91 Å². The highest BCUT2D eigenvalue weighted by Crippen LogP contribution is 2.39. The predicted molar refractivity (Wildman–Crippen MR) is 135 cm³/mol. The van der Waals surface area contributed by atoms with Crippen LogP contribution in [0.25, 0.3) is 22.2 Å². The second-order valence-electron chi connectivity index (χ2n) is 9.21. The summed E-state index contributed by atoms with van der Waals surface area (Å²) >= 11 is 0. The van der Waals surface area contributed by atoms with Crippen LogP contribution in [0.3, 0.4) is 0 Å². The Bertz CT molecular complexity index is 1180. The van der Waals surface area contributed by atoms with Crippen molar-refractivity contribution >= 4 is 22.5 Å². The Balaban J connectivity index is 1.51. The van der Waals surface area contributed by atoms with Crippen LogP contribution in [0.4, 0.5) is 5.69 Å². The summed E-state index contributed by atoms with van der Waals surface area (Å²) in [5.41, 5.74) is 3.94. The number of fused-ring (bicyclic) bond motifs is 2. The molecule has 0 spiro atoms. The molecule has 34 heavy (non-hydrogen) atoms. The molecule has 1 aromatic heterocycles. The van der Waals surface area contributed by atoms with Crippen LogP contribution < -0.4 is 19.7 Å². The number of hydrogen-bond acceptors (Lipinski definition) is 6. The molecule has 2 saturated heterocycles. The van der Waals surface area contributed by atoms with Crippen molar-refractivity contribution in [2.45, 2.75) is 6.42 Å². The summed E-state index contributed by atoms with van der Waals surface area (Å²) < 4.78 is 11.2. The van der Waals surface area contributed by atoms with Gasteiger partial charge in [0.25, 0.3) is 0 Å². The van der Waals surface area contributed by atoms with Crippen molar-refractivity contribution < 1.29 is 14.3 Å². The number of likely N-dealkylation sites (N-methyl/N-ethyl adjacent to an activating group) is 1. The van der Waals surface area contributed by atoms with Crippen LogP contribution in [0.5, 0.6) is 11.5 Å². The molecule has 178 valence electrons. The highest BCUT2D eigenvalue weighted by molar-refractivity contribution is 5.95. The summed E-state index contributed by atoms with van der Waals surface area (Å²) in [5.74, 6) is 2.37. The molecule has 2 unspecified atom stereocenters. The number of anilines is 1. The van der Waals surface area contributed by atoms with E-state index in [0.717, 1.165) is 71.9 Å². The Hall–Kier alpha value is -3.32. The van der Waals surface area contributed by atoms with Crippen LogP contribution in [-0.2, 0) is 4.79 Å². The van der Waals surface area contributed by atoms with E-state index in [2.05, 4.69) is 34.5 Å². The smallest absolute Gasteiger partial charge is 0.227 e. The first-order chi connectivity index (χ1) is 16.6. The number of piperidine rings is 1. The summed E-state index contributed by atoms with van der Waals surface area (Å²) in [6, 6.07) is 16.3. The molecule has 3 heterocycles. The third kappa shape index (κ3) is 4.28. The zero-order valence-electron chi connectivity index (χ0n) is 20.1. The Kier molecular flexibility index (Phi) is 6.28. The molecule has 0 aliphatic carbocycles. The zero-order valence-corrected chi connectivity index (χ0v) is 20.1. The number of carbonyl (C=O) groups excluding carboxylic acids is 1. The quantitative estimate of drug-likeness (QED) is 0.545. The number of nitrogens with zero attached hydrogens (tertiary/aromatic N) is 3. The molecule has 7 heteroatoms. The van der Waals surface area contributed by atoms with Gasteiger partial charge in [0.1, 0.15) is 18.1 Å². The van der Waals surface area contributed by atoms with Crippen molar-refractivity contribution in [3.63, 3.8) is 0 Å². The Labute approximate surface area is 200 Å². The van der Waals surface area contributed by atoms with E-state index in [4.69, 9.17) is 14.5 Å². The van der Waals surface area contributed by atoms with Crippen LogP contribution in [0.1, 0.15) is 6.42 Å². The van der Waals surface area contributed by atoms with E-state index in [9.17, 15) is 4.79 Å². The Morgan fingerprint density at radius 2 is 1.88 bits per heavy atom. The van der Waals surface area contributed by atoms with E-state index < -0.39 is 0 Å². The second kappa shape index (κ2) is 9.50. The summed E-state index contributed by atoms with van der Waals surface area (Å²) in [6.07, 6.45) is 1.06. The average Bonchev–Trinajstić information content (AvgIpc) is 3.31. The van der Waals surface area contributed by atoms with Gasteiger partial charge >= 0.3 is 0 Å². The number of nitrogens with one attached hydrogen (secondary N) is 1. The van der Waals surface area contributed by atoms with Crippen molar-refractivity contribution in [3.8, 4) is 22.8 Å². The van der Waals surface area contributed by atoms with Gasteiger partial charge in [0.15, 0.2) is 0 Å². The van der Waals surface area contributed by atoms with E-state index >= 15 is 0 Å². The number of hydrogen-bond donors (Lipinski definition) is 1. The maximum Gasteiger partial charge on any atom is 0.227 e. The minimum Gasteiger partial charge on any atom is -0.497 e. The Morgan fingerprint density at radius 1 is 1.09 bits per heavy atom. The maximum absolute atomic E-state index is 12.8. The van der Waals surface area contributed by atoms with Gasteiger partial charge in [-0.25, -0.2) is 4.98 Å². The van der Waals surface area contributed by atoms with E-state index in [1.807, 2.05) is 43.3 Å². The van der Waals surface area contributed by atoms with Crippen LogP contribution in [0.15, 0.2) is 48.5 Å². The number of pyridine rings is 1. The average molecular weight is 461 g/mol. The molecule has 0 saturated carbocycles. The van der Waals surface area contributed by atoms with Crippen molar-refractivity contribution in [2.75, 3.05) is 58.9 Å². The lowest BCUT2D eigenvalue weighted by Gasteiger charge is -2.30. The summed E-state index contributed by atoms with van der Waals surface area (Å²) in [7, 11) is 5.50. The van der Waals surface area contributed by atoms with Gasteiger partial charge in [0, 0.05) is 55.9 Å². The standard InChI is InChI=1S/C27H32N4O3/c1-28-11-13-34-20-6-4-18(5-7-20)24-15-26(22-9-8-21(33-3)14-25(22)29-24)31-16-19-10-12-30(2)27(32)23(19)17-31/h4-9,14-15,19,23,28H,10-13,16-17H2,1-3H3. The normalized spacial score (nSPS) is 20.0. The molecule has 2 aliphatic rings. The fraction of sp³-hybridized carbons (Fsp3) is 0.407. The van der Waals surface area contributed by atoms with Crippen LogP contribution in [0.2, 0.25) is 0 Å². The van der Waals surface area contributed by atoms with Gasteiger partial charge in [-0.3, -0.25) is 4.79 Å². The highest BCUT2D eigenvalue weighted by Gasteiger charge is 2.42. The summed E-state index contributed by atoms with van der Waals surface area (Å²) in [4.78, 5) is 22.0. The minimum atomic E-state index is 0.0673. The highest BCUT2D eigenvalue weighted by atomic mass is 16.5. The van der Waals surface area contributed by atoms with Crippen molar-refractivity contribution in [3.05, 3.63) is 48.5 Å². The van der Waals surface area contributed by atoms with Crippen LogP contribution in [0, 0.1) is 11.8 Å². The fourth-order valence-corrected chi connectivity index (χ4v) is 5.11. The number of benzene rings is 2. The third-order valence-electron chi connectivity index (χ3n) is 7.08. The molecule has 2 fully saturated rings. The van der Waals surface area contributed by atoms with E-state index in [0.29, 0.717) is 12.5 Å². The lowest BCUT2D eigenvalue weighted by Crippen LogP contribution is -2.42. The predicted octanol–water partition coefficient (Wildman–Crippen LogP) is 3.42. The molecule has 2 aromatic carbocycles. The molecule has 0 bridgehead atoms. The third-order valence-corrected chi connectivity index (χ3v) is 7.08. The Morgan fingerprint density at radius 3 is 2.65 bits per heavy atom. The van der Waals surface area contributed by atoms with Crippen LogP contribution in [-0.4, -0.2) is 69.8 Å². The lowest BCUT2D eigenvalue weighted by atomic mass is 9.88. The van der Waals surface area contributed by atoms with E-state index in [1.165, 1.54) is 0 Å². The molecule has 3 aromatic rings. The molecule has 1 amide bonds.